The Kier molecular flexibility index (Phi) is 5.85. The number of fused-ring (bicyclic) bond motifs is 1. The van der Waals surface area contributed by atoms with E-state index in [0.717, 1.165) is 0 Å². The quantitative estimate of drug-likeness (QED) is 0.716. The van der Waals surface area contributed by atoms with Gasteiger partial charge in [0.2, 0.25) is 5.82 Å². The molecule has 18 heavy (non-hydrogen) atoms. The van der Waals surface area contributed by atoms with Crippen molar-refractivity contribution in [3.63, 3.8) is 0 Å². The van der Waals surface area contributed by atoms with Gasteiger partial charge in [0.15, 0.2) is 6.17 Å². The molecule has 2 heterocycles. The van der Waals surface area contributed by atoms with E-state index in [0.29, 0.717) is 12.1 Å². The number of hydrogen-bond acceptors (Lipinski definition) is 2. The average Bonchev–Trinajstić information content (AvgIpc) is 2.70. The zero-order chi connectivity index (χ0) is 12.6. The van der Waals surface area contributed by atoms with Crippen molar-refractivity contribution in [3.8, 4) is 0 Å². The largest absolute Gasteiger partial charge is 1.00 e. The van der Waals surface area contributed by atoms with Gasteiger partial charge in [-0.1, -0.05) is 0 Å². The van der Waals surface area contributed by atoms with E-state index in [-0.39, 0.29) is 71.6 Å². The van der Waals surface area contributed by atoms with Crippen LogP contribution in [0, 0.1) is 5.92 Å². The summed E-state index contributed by atoms with van der Waals surface area (Å²) in [7, 11) is 0. The van der Waals surface area contributed by atoms with Gasteiger partial charge in [-0.05, 0) is 12.8 Å². The van der Waals surface area contributed by atoms with Crippen LogP contribution in [0.4, 0.5) is 13.2 Å². The van der Waals surface area contributed by atoms with E-state index in [1.807, 2.05) is 0 Å². The third kappa shape index (κ3) is 3.16. The van der Waals surface area contributed by atoms with Crippen LogP contribution < -0.4 is 51.4 Å². The van der Waals surface area contributed by atoms with Crippen molar-refractivity contribution in [2.24, 2.45) is 5.92 Å². The summed E-state index contributed by atoms with van der Waals surface area (Å²) < 4.78 is 39.0. The van der Waals surface area contributed by atoms with Crippen LogP contribution in [0.25, 0.3) is 0 Å². The Morgan fingerprint density at radius 3 is 2.78 bits per heavy atom. The number of alkyl halides is 3. The number of carboxylic acids is 1. The molecule has 1 aromatic rings. The Hall–Kier alpha value is 0.106. The normalized spacial score (nSPS) is 20.1. The summed E-state index contributed by atoms with van der Waals surface area (Å²) in [5.74, 6) is -2.30. The number of aryl methyl sites for hydroxylation is 1. The first-order valence-electron chi connectivity index (χ1n) is 5.20. The monoisotopic (exact) mass is 288 g/mol. The molecule has 96 valence electrons. The van der Waals surface area contributed by atoms with Gasteiger partial charge in [0, 0.05) is 24.4 Å². The summed E-state index contributed by atoms with van der Waals surface area (Å²) in [5.41, 5.74) is 0.653. The van der Waals surface area contributed by atoms with Crippen LogP contribution in [0.3, 0.4) is 0 Å². The molecule has 1 N–H and O–H groups in total. The fourth-order valence-corrected chi connectivity index (χ4v) is 2.11. The van der Waals surface area contributed by atoms with Gasteiger partial charge in [0.1, 0.15) is 0 Å². The van der Waals surface area contributed by atoms with E-state index in [4.69, 9.17) is 5.11 Å². The minimum atomic E-state index is -3.03. The molecule has 2 unspecified atom stereocenters. The van der Waals surface area contributed by atoms with Crippen molar-refractivity contribution >= 4 is 5.97 Å². The first-order chi connectivity index (χ1) is 8.00. The smallest absolute Gasteiger partial charge is 1.00 e. The summed E-state index contributed by atoms with van der Waals surface area (Å²) in [5, 5.41) is 8.84. The minimum Gasteiger partial charge on any atom is -1.00 e. The third-order valence-corrected chi connectivity index (χ3v) is 3.01. The topological polar surface area (TPSA) is 55.1 Å². The second-order valence-corrected chi connectivity index (χ2v) is 4.07. The molecule has 0 saturated heterocycles. The molecule has 1 aromatic heterocycles. The zero-order valence-electron chi connectivity index (χ0n) is 10.8. The van der Waals surface area contributed by atoms with Crippen molar-refractivity contribution in [1.29, 1.82) is 0 Å². The number of halogens is 3. The number of aromatic carboxylic acids is 1. The number of imidazole rings is 1. The molecule has 0 fully saturated rings. The maximum atomic E-state index is 13.2. The predicted molar refractivity (Wildman–Crippen MR) is 53.0 cm³/mol. The van der Waals surface area contributed by atoms with E-state index < -0.39 is 24.5 Å². The van der Waals surface area contributed by atoms with Crippen molar-refractivity contribution in [2.75, 3.05) is 0 Å². The van der Waals surface area contributed by atoms with E-state index in [1.165, 1.54) is 10.8 Å². The Bertz CT molecular complexity index is 444. The van der Waals surface area contributed by atoms with E-state index in [1.54, 1.807) is 0 Å². The van der Waals surface area contributed by atoms with Crippen LogP contribution in [0.2, 0.25) is 0 Å². The van der Waals surface area contributed by atoms with Crippen molar-refractivity contribution < 1.29 is 75.9 Å². The average molecular weight is 288 g/mol. The molecule has 0 bridgehead atoms. The summed E-state index contributed by atoms with van der Waals surface area (Å²) in [6.07, 6.45) is -3.19. The Labute approximate surface area is 145 Å². The SMILES string of the molecule is O=C(O)c1ncc2n1CC(C(F)C(F)F)CC2.[H-].[K+]. The second kappa shape index (κ2) is 6.51. The molecule has 4 nitrogen and oxygen atoms in total. The summed E-state index contributed by atoms with van der Waals surface area (Å²) in [6, 6.07) is 0. The molecule has 0 aromatic carbocycles. The van der Waals surface area contributed by atoms with Crippen LogP contribution >= 0.6 is 0 Å². The number of aromatic nitrogens is 2. The van der Waals surface area contributed by atoms with Crippen LogP contribution in [0.1, 0.15) is 24.2 Å². The Morgan fingerprint density at radius 2 is 2.22 bits per heavy atom. The summed E-state index contributed by atoms with van der Waals surface area (Å²) in [6.45, 7) is -0.0531. The summed E-state index contributed by atoms with van der Waals surface area (Å²) >= 11 is 0. The fraction of sp³-hybridized carbons (Fsp3) is 0.600. The maximum absolute atomic E-state index is 13.2. The molecule has 0 amide bonds. The predicted octanol–water partition coefficient (Wildman–Crippen LogP) is -1.14. The van der Waals surface area contributed by atoms with E-state index >= 15 is 0 Å². The van der Waals surface area contributed by atoms with Gasteiger partial charge in [-0.3, -0.25) is 0 Å². The number of hydrogen-bond donors (Lipinski definition) is 1. The first kappa shape index (κ1) is 16.2. The fourth-order valence-electron chi connectivity index (χ4n) is 2.11. The molecule has 1 aliphatic rings. The number of nitrogens with zero attached hydrogens (tertiary/aromatic N) is 2. The third-order valence-electron chi connectivity index (χ3n) is 3.01. The van der Waals surface area contributed by atoms with Crippen LogP contribution in [-0.4, -0.2) is 33.2 Å². The Morgan fingerprint density at radius 1 is 1.56 bits per heavy atom. The molecule has 0 saturated carbocycles. The molecule has 2 atom stereocenters. The number of carboxylic acid groups (broad SMARTS) is 1. The maximum Gasteiger partial charge on any atom is 1.00 e. The standard InChI is InChI=1S/C10H11F3N2O2.K.H/c11-7(8(12)13)5-1-2-6-3-14-9(10(16)17)15(6)4-5;;/h3,5,7-8H,1-2,4H2,(H,16,17);;/q;+1;-1. The minimum absolute atomic E-state index is 0. The molecule has 2 rings (SSSR count). The molecule has 0 radical (unpaired) electrons. The summed E-state index contributed by atoms with van der Waals surface area (Å²) in [4.78, 5) is 14.5. The second-order valence-electron chi connectivity index (χ2n) is 4.07. The van der Waals surface area contributed by atoms with Gasteiger partial charge in [0.25, 0.3) is 6.43 Å². The van der Waals surface area contributed by atoms with Crippen LogP contribution in [0.5, 0.6) is 0 Å². The zero-order valence-corrected chi connectivity index (χ0v) is 12.9. The number of rotatable bonds is 3. The van der Waals surface area contributed by atoms with Crippen LogP contribution in [0.15, 0.2) is 6.20 Å². The van der Waals surface area contributed by atoms with Crippen molar-refractivity contribution in [3.05, 3.63) is 17.7 Å². The van der Waals surface area contributed by atoms with Crippen molar-refractivity contribution in [2.45, 2.75) is 32.0 Å². The Balaban J connectivity index is 0.00000162. The number of carbonyl (C=O) groups is 1. The van der Waals surface area contributed by atoms with Gasteiger partial charge >= 0.3 is 57.4 Å². The van der Waals surface area contributed by atoms with Crippen LogP contribution in [-0.2, 0) is 13.0 Å². The molecule has 8 heteroatoms. The van der Waals surface area contributed by atoms with Crippen molar-refractivity contribution in [1.82, 2.24) is 9.55 Å². The van der Waals surface area contributed by atoms with Gasteiger partial charge in [-0.2, -0.15) is 0 Å². The molecule has 0 aliphatic carbocycles. The van der Waals surface area contributed by atoms with Gasteiger partial charge in [0.05, 0.1) is 0 Å². The van der Waals surface area contributed by atoms with Gasteiger partial charge < -0.3 is 11.1 Å². The van der Waals surface area contributed by atoms with Gasteiger partial charge in [-0.15, -0.1) is 0 Å². The van der Waals surface area contributed by atoms with E-state index in [9.17, 15) is 18.0 Å². The molecular weight excluding hydrogens is 276 g/mol. The molecular formula is C10H12F3KN2O2. The first-order valence-corrected chi connectivity index (χ1v) is 5.20. The van der Waals surface area contributed by atoms with E-state index in [2.05, 4.69) is 4.98 Å². The molecule has 1 aliphatic heterocycles. The molecule has 0 spiro atoms. The van der Waals surface area contributed by atoms with Gasteiger partial charge in [-0.25, -0.2) is 22.9 Å².